The Morgan fingerprint density at radius 3 is 1.58 bits per heavy atom. The van der Waals surface area contributed by atoms with E-state index in [-0.39, 0.29) is 39.4 Å². The van der Waals surface area contributed by atoms with Crippen molar-refractivity contribution >= 4 is 11.9 Å². The Morgan fingerprint density at radius 2 is 1.18 bits per heavy atom. The molecule has 232 valence electrons. The molecular formula is C34H34N4O7. The van der Waals surface area contributed by atoms with Gasteiger partial charge in [0, 0.05) is 17.0 Å². The summed E-state index contributed by atoms with van der Waals surface area (Å²) < 4.78 is 2.44. The van der Waals surface area contributed by atoms with E-state index in [1.165, 1.54) is 45.8 Å². The van der Waals surface area contributed by atoms with Crippen molar-refractivity contribution in [3.63, 3.8) is 0 Å². The van der Waals surface area contributed by atoms with Gasteiger partial charge in [-0.2, -0.15) is 0 Å². The number of hydrogen-bond donors (Lipinski definition) is 5. The van der Waals surface area contributed by atoms with E-state index in [2.05, 4.69) is 10.2 Å². The number of carboxylic acid groups (broad SMARTS) is 2. The molecule has 0 aliphatic carbocycles. The fourth-order valence-corrected chi connectivity index (χ4v) is 5.77. The van der Waals surface area contributed by atoms with E-state index in [1.807, 2.05) is 33.8 Å². The van der Waals surface area contributed by atoms with Crippen molar-refractivity contribution in [3.05, 3.63) is 132 Å². The fraction of sp³-hybridized carbons (Fsp3) is 0.235. The van der Waals surface area contributed by atoms with Crippen LogP contribution in [0.3, 0.4) is 0 Å². The van der Waals surface area contributed by atoms with E-state index >= 15 is 0 Å². The zero-order valence-corrected chi connectivity index (χ0v) is 25.7. The van der Waals surface area contributed by atoms with Crippen molar-refractivity contribution in [3.8, 4) is 17.1 Å². The minimum Gasteiger partial charge on any atom is -0.507 e. The summed E-state index contributed by atoms with van der Waals surface area (Å²) in [4.78, 5) is 51.9. The normalized spacial score (nSPS) is 11.7. The van der Waals surface area contributed by atoms with E-state index in [0.717, 1.165) is 5.56 Å². The van der Waals surface area contributed by atoms with Gasteiger partial charge in [-0.15, -0.1) is 0 Å². The van der Waals surface area contributed by atoms with Crippen LogP contribution < -0.4 is 11.1 Å². The van der Waals surface area contributed by atoms with Crippen LogP contribution in [0.4, 0.5) is 0 Å². The number of phenols is 1. The maximum Gasteiger partial charge on any atom is 0.335 e. The molecule has 0 atom stereocenters. The number of hydrogen-bond acceptors (Lipinski definition) is 5. The molecule has 0 aliphatic heterocycles. The summed E-state index contributed by atoms with van der Waals surface area (Å²) in [6.45, 7) is 11.1. The number of aromatic amines is 2. The third-order valence-corrected chi connectivity index (χ3v) is 7.92. The van der Waals surface area contributed by atoms with Gasteiger partial charge in [0.1, 0.15) is 5.75 Å². The lowest BCUT2D eigenvalue weighted by atomic mass is 9.78. The first kappa shape index (κ1) is 30.9. The Hall–Kier alpha value is -5.58. The van der Waals surface area contributed by atoms with Crippen LogP contribution >= 0.6 is 0 Å². The highest BCUT2D eigenvalue weighted by Gasteiger charge is 2.34. The number of benzene rings is 3. The van der Waals surface area contributed by atoms with Crippen LogP contribution in [-0.4, -0.2) is 46.8 Å². The van der Waals surface area contributed by atoms with Crippen LogP contribution in [0.5, 0.6) is 5.75 Å². The van der Waals surface area contributed by atoms with Gasteiger partial charge in [-0.3, -0.25) is 19.8 Å². The van der Waals surface area contributed by atoms with Crippen LogP contribution in [0.1, 0.15) is 86.6 Å². The minimum atomic E-state index is -1.15. The van der Waals surface area contributed by atoms with E-state index < -0.39 is 34.4 Å². The van der Waals surface area contributed by atoms with Gasteiger partial charge >= 0.3 is 11.9 Å². The molecule has 2 heterocycles. The summed E-state index contributed by atoms with van der Waals surface area (Å²) in [5.74, 6) is -3.43. The number of nitrogens with zero attached hydrogens (tertiary/aromatic N) is 2. The third-order valence-electron chi connectivity index (χ3n) is 7.92. The van der Waals surface area contributed by atoms with Crippen molar-refractivity contribution in [2.24, 2.45) is 0 Å². The molecule has 2 aromatic heterocycles. The Bertz CT molecular complexity index is 1990. The van der Waals surface area contributed by atoms with Crippen LogP contribution in [0.15, 0.2) is 70.3 Å². The van der Waals surface area contributed by atoms with Crippen LogP contribution in [-0.2, 0) is 5.41 Å². The minimum absolute atomic E-state index is 0.0103. The van der Waals surface area contributed by atoms with Gasteiger partial charge in [-0.05, 0) is 68.1 Å². The number of carbonyl (C=O) groups is 2. The molecule has 11 heteroatoms. The third kappa shape index (κ3) is 5.48. The topological polar surface area (TPSA) is 170 Å². The SMILES string of the molecule is Cc1cc(C(c2c(C)[nH]n(-c3cccc(C(=O)O)c3)c2=O)c2c(C)[nH]n(-c3cccc(C(=O)O)c3)c2=O)c(O)c(C(C)(C)C)c1. The Kier molecular flexibility index (Phi) is 7.66. The van der Waals surface area contributed by atoms with Gasteiger partial charge in [0.2, 0.25) is 0 Å². The lowest BCUT2D eigenvalue weighted by Crippen LogP contribution is -2.26. The Balaban J connectivity index is 1.84. The number of aromatic hydroxyl groups is 1. The van der Waals surface area contributed by atoms with Crippen molar-refractivity contribution in [2.75, 3.05) is 0 Å². The van der Waals surface area contributed by atoms with Gasteiger partial charge in [0.05, 0.1) is 39.5 Å². The number of nitrogens with one attached hydrogen (secondary N) is 2. The average Bonchev–Trinajstić information content (AvgIpc) is 3.44. The maximum absolute atomic E-state index is 14.3. The first-order chi connectivity index (χ1) is 21.1. The van der Waals surface area contributed by atoms with Crippen molar-refractivity contribution in [1.29, 1.82) is 0 Å². The number of rotatable bonds is 7. The molecule has 0 spiro atoms. The molecule has 5 aromatic rings. The summed E-state index contributed by atoms with van der Waals surface area (Å²) in [7, 11) is 0. The Morgan fingerprint density at radius 1 is 0.733 bits per heavy atom. The summed E-state index contributed by atoms with van der Waals surface area (Å²) in [5, 5.41) is 36.9. The van der Waals surface area contributed by atoms with E-state index in [0.29, 0.717) is 22.5 Å². The molecule has 5 N–H and O–H groups in total. The van der Waals surface area contributed by atoms with Crippen LogP contribution in [0.25, 0.3) is 11.4 Å². The molecule has 0 unspecified atom stereocenters. The first-order valence-electron chi connectivity index (χ1n) is 14.2. The van der Waals surface area contributed by atoms with E-state index in [1.54, 1.807) is 32.0 Å². The van der Waals surface area contributed by atoms with Gasteiger partial charge in [-0.25, -0.2) is 19.0 Å². The number of phenolic OH excluding ortho intramolecular Hbond substituents is 1. The summed E-state index contributed by atoms with van der Waals surface area (Å²) in [6, 6.07) is 15.4. The summed E-state index contributed by atoms with van der Waals surface area (Å²) in [5.41, 5.74) is 1.97. The summed E-state index contributed by atoms with van der Waals surface area (Å²) >= 11 is 0. The molecule has 5 rings (SSSR count). The van der Waals surface area contributed by atoms with Gasteiger partial charge in [-0.1, -0.05) is 50.6 Å². The van der Waals surface area contributed by atoms with Crippen molar-refractivity contribution in [1.82, 2.24) is 19.6 Å². The molecule has 3 aromatic carbocycles. The van der Waals surface area contributed by atoms with Crippen LogP contribution in [0, 0.1) is 20.8 Å². The fourth-order valence-electron chi connectivity index (χ4n) is 5.77. The highest BCUT2D eigenvalue weighted by molar-refractivity contribution is 5.88. The number of aromatic nitrogens is 4. The second-order valence-electron chi connectivity index (χ2n) is 12.2. The molecule has 11 nitrogen and oxygen atoms in total. The molecule has 0 fully saturated rings. The zero-order chi connectivity index (χ0) is 33.0. The smallest absolute Gasteiger partial charge is 0.335 e. The van der Waals surface area contributed by atoms with Gasteiger partial charge < -0.3 is 15.3 Å². The molecule has 0 bridgehead atoms. The molecule has 0 amide bonds. The predicted octanol–water partition coefficient (Wildman–Crippen LogP) is 5.15. The first-order valence-corrected chi connectivity index (χ1v) is 14.2. The summed E-state index contributed by atoms with van der Waals surface area (Å²) in [6.07, 6.45) is 0. The highest BCUT2D eigenvalue weighted by atomic mass is 16.4. The maximum atomic E-state index is 14.3. The second-order valence-corrected chi connectivity index (χ2v) is 12.2. The number of H-pyrrole nitrogens is 2. The predicted molar refractivity (Wildman–Crippen MR) is 169 cm³/mol. The van der Waals surface area contributed by atoms with Gasteiger partial charge in [0.15, 0.2) is 0 Å². The monoisotopic (exact) mass is 610 g/mol. The second kappa shape index (κ2) is 11.2. The largest absolute Gasteiger partial charge is 0.507 e. The molecule has 45 heavy (non-hydrogen) atoms. The van der Waals surface area contributed by atoms with E-state index in [4.69, 9.17) is 0 Å². The van der Waals surface area contributed by atoms with Gasteiger partial charge in [0.25, 0.3) is 11.1 Å². The lowest BCUT2D eigenvalue weighted by molar-refractivity contribution is 0.0686. The molecule has 0 aliphatic rings. The number of carboxylic acids is 2. The number of aryl methyl sites for hydroxylation is 3. The van der Waals surface area contributed by atoms with Crippen LogP contribution in [0.2, 0.25) is 0 Å². The highest BCUT2D eigenvalue weighted by Crippen LogP contribution is 2.42. The molecule has 0 saturated heterocycles. The average molecular weight is 611 g/mol. The number of aromatic carboxylic acids is 2. The standard InChI is InChI=1S/C34H34N4O7/c1-17-13-24(29(39)25(14-17)34(4,5)6)28(26-18(2)35-37(30(26)40)22-11-7-9-20(15-22)32(42)43)27-19(3)36-38(31(27)41)23-12-8-10-21(16-23)33(44)45/h7-16,28,35-36,39H,1-6H3,(H,42,43)(H,44,45). The van der Waals surface area contributed by atoms with Crippen molar-refractivity contribution < 1.29 is 24.9 Å². The van der Waals surface area contributed by atoms with Crippen molar-refractivity contribution in [2.45, 2.75) is 52.9 Å². The molecular weight excluding hydrogens is 576 g/mol. The Labute approximate surface area is 258 Å². The van der Waals surface area contributed by atoms with E-state index in [9.17, 15) is 34.5 Å². The molecule has 0 saturated carbocycles. The molecule has 0 radical (unpaired) electrons. The lowest BCUT2D eigenvalue weighted by Gasteiger charge is -2.25. The quantitative estimate of drug-likeness (QED) is 0.170. The zero-order valence-electron chi connectivity index (χ0n) is 25.7.